The second-order valence-corrected chi connectivity index (χ2v) is 6.70. The number of carbonyl (C=O) groups excluding carboxylic acids is 1. The molecule has 132 valence electrons. The molecule has 0 fully saturated rings. The lowest BCUT2D eigenvalue weighted by molar-refractivity contribution is -0.115. The number of anilines is 3. The third-order valence-electron chi connectivity index (χ3n) is 4.29. The quantitative estimate of drug-likeness (QED) is 0.814. The molecule has 2 aromatic rings. The van der Waals surface area contributed by atoms with E-state index in [-0.39, 0.29) is 18.6 Å². The van der Waals surface area contributed by atoms with Crippen LogP contribution in [0.3, 0.4) is 0 Å². The van der Waals surface area contributed by atoms with E-state index in [1.165, 1.54) is 0 Å². The molecular formula is C19H22ClN3O2. The van der Waals surface area contributed by atoms with Crippen molar-refractivity contribution in [2.45, 2.75) is 26.4 Å². The van der Waals surface area contributed by atoms with Gasteiger partial charge in [0, 0.05) is 16.4 Å². The first-order valence-corrected chi connectivity index (χ1v) is 8.71. The zero-order valence-corrected chi connectivity index (χ0v) is 15.1. The number of carbonyl (C=O) groups is 1. The summed E-state index contributed by atoms with van der Waals surface area (Å²) in [6, 6.07) is 10.9. The number of nitrogens with one attached hydrogen (secondary N) is 1. The molecule has 0 bridgehead atoms. The molecule has 1 aliphatic rings. The molecule has 0 radical (unpaired) electrons. The van der Waals surface area contributed by atoms with Crippen molar-refractivity contribution in [1.82, 2.24) is 0 Å². The smallest absolute Gasteiger partial charge is 0.243 e. The van der Waals surface area contributed by atoms with E-state index >= 15 is 0 Å². The zero-order chi connectivity index (χ0) is 18.0. The Morgan fingerprint density at radius 3 is 2.88 bits per heavy atom. The summed E-state index contributed by atoms with van der Waals surface area (Å²) in [6.45, 7) is 4.87. The summed E-state index contributed by atoms with van der Waals surface area (Å²) in [4.78, 5) is 14.6. The Morgan fingerprint density at radius 2 is 2.16 bits per heavy atom. The molecule has 0 saturated heterocycles. The largest absolute Gasteiger partial charge is 0.486 e. The average molecular weight is 360 g/mol. The van der Waals surface area contributed by atoms with Crippen LogP contribution in [0.4, 0.5) is 17.1 Å². The predicted octanol–water partition coefficient (Wildman–Crippen LogP) is 3.85. The minimum absolute atomic E-state index is 0.0567. The molecule has 1 heterocycles. The van der Waals surface area contributed by atoms with E-state index in [4.69, 9.17) is 22.1 Å². The first-order chi connectivity index (χ1) is 12.0. The van der Waals surface area contributed by atoms with Gasteiger partial charge in [0.2, 0.25) is 5.91 Å². The molecule has 0 aromatic heterocycles. The lowest BCUT2D eigenvalue weighted by Gasteiger charge is -2.35. The van der Waals surface area contributed by atoms with Gasteiger partial charge < -0.3 is 20.7 Å². The first kappa shape index (κ1) is 17.4. The van der Waals surface area contributed by atoms with Gasteiger partial charge in [0.15, 0.2) is 0 Å². The van der Waals surface area contributed by atoms with Crippen molar-refractivity contribution in [2.24, 2.45) is 0 Å². The van der Waals surface area contributed by atoms with Gasteiger partial charge in [0.25, 0.3) is 0 Å². The molecular weight excluding hydrogens is 338 g/mol. The van der Waals surface area contributed by atoms with Crippen LogP contribution in [0.1, 0.15) is 18.9 Å². The Labute approximate surface area is 152 Å². The number of fused-ring (bicyclic) bond motifs is 1. The van der Waals surface area contributed by atoms with Gasteiger partial charge in [0.05, 0.1) is 18.8 Å². The Hall–Kier alpha value is -2.40. The average Bonchev–Trinajstić information content (AvgIpc) is 2.57. The van der Waals surface area contributed by atoms with E-state index < -0.39 is 0 Å². The van der Waals surface area contributed by atoms with Crippen molar-refractivity contribution in [2.75, 3.05) is 29.0 Å². The number of nitrogen functional groups attached to an aromatic ring is 1. The number of halogens is 1. The van der Waals surface area contributed by atoms with E-state index in [2.05, 4.69) is 12.2 Å². The monoisotopic (exact) mass is 359 g/mol. The van der Waals surface area contributed by atoms with Crippen molar-refractivity contribution in [1.29, 1.82) is 0 Å². The standard InChI is InChI=1S/C19H22ClN3O2/c1-3-15-10-23(17-9-14(21)5-7-18(17)25-15)11-19(24)22-16-6-4-13(20)8-12(16)2/h4-9,15H,3,10-11,21H2,1-2H3,(H,22,24). The number of aryl methyl sites for hydroxylation is 1. The van der Waals surface area contributed by atoms with Gasteiger partial charge in [-0.1, -0.05) is 18.5 Å². The highest BCUT2D eigenvalue weighted by molar-refractivity contribution is 6.30. The number of hydrogen-bond acceptors (Lipinski definition) is 4. The molecule has 0 spiro atoms. The Balaban J connectivity index is 1.77. The molecule has 3 N–H and O–H groups in total. The maximum Gasteiger partial charge on any atom is 0.243 e. The summed E-state index contributed by atoms with van der Waals surface area (Å²) >= 11 is 5.97. The molecule has 6 heteroatoms. The van der Waals surface area contributed by atoms with Crippen LogP contribution in [0.15, 0.2) is 36.4 Å². The van der Waals surface area contributed by atoms with Crippen molar-refractivity contribution in [3.05, 3.63) is 47.0 Å². The van der Waals surface area contributed by atoms with Crippen molar-refractivity contribution < 1.29 is 9.53 Å². The van der Waals surface area contributed by atoms with Crippen molar-refractivity contribution in [3.8, 4) is 5.75 Å². The lowest BCUT2D eigenvalue weighted by atomic mass is 10.1. The van der Waals surface area contributed by atoms with E-state index in [1.807, 2.05) is 42.2 Å². The fourth-order valence-corrected chi connectivity index (χ4v) is 3.16. The molecule has 0 saturated carbocycles. The molecule has 2 aromatic carbocycles. The number of nitrogens with zero attached hydrogens (tertiary/aromatic N) is 1. The van der Waals surface area contributed by atoms with Crippen LogP contribution in [0, 0.1) is 6.92 Å². The third-order valence-corrected chi connectivity index (χ3v) is 4.53. The van der Waals surface area contributed by atoms with E-state index in [0.29, 0.717) is 17.3 Å². The van der Waals surface area contributed by atoms with Gasteiger partial charge in [0.1, 0.15) is 11.9 Å². The van der Waals surface area contributed by atoms with Crippen LogP contribution in [0.2, 0.25) is 5.02 Å². The maximum absolute atomic E-state index is 12.5. The Bertz CT molecular complexity index is 794. The molecule has 0 aliphatic carbocycles. The Kier molecular flexibility index (Phi) is 5.04. The van der Waals surface area contributed by atoms with Gasteiger partial charge in [-0.15, -0.1) is 0 Å². The molecule has 1 aliphatic heterocycles. The number of nitrogens with two attached hydrogens (primary N) is 1. The predicted molar refractivity (Wildman–Crippen MR) is 103 cm³/mol. The van der Waals surface area contributed by atoms with Crippen LogP contribution < -0.4 is 20.7 Å². The minimum atomic E-state index is -0.0875. The summed E-state index contributed by atoms with van der Waals surface area (Å²) in [5.41, 5.74) is 9.10. The maximum atomic E-state index is 12.5. The minimum Gasteiger partial charge on any atom is -0.486 e. The number of ether oxygens (including phenoxy) is 1. The molecule has 3 rings (SSSR count). The van der Waals surface area contributed by atoms with Gasteiger partial charge >= 0.3 is 0 Å². The Morgan fingerprint density at radius 1 is 1.36 bits per heavy atom. The zero-order valence-electron chi connectivity index (χ0n) is 14.4. The number of hydrogen-bond donors (Lipinski definition) is 2. The van der Waals surface area contributed by atoms with Crippen LogP contribution in [-0.2, 0) is 4.79 Å². The van der Waals surface area contributed by atoms with E-state index in [0.717, 1.165) is 29.1 Å². The normalized spacial score (nSPS) is 16.1. The van der Waals surface area contributed by atoms with E-state index in [1.54, 1.807) is 6.07 Å². The summed E-state index contributed by atoms with van der Waals surface area (Å²) < 4.78 is 5.95. The summed E-state index contributed by atoms with van der Waals surface area (Å²) in [5.74, 6) is 0.679. The van der Waals surface area contributed by atoms with Gasteiger partial charge in [-0.3, -0.25) is 4.79 Å². The van der Waals surface area contributed by atoms with Crippen molar-refractivity contribution in [3.63, 3.8) is 0 Å². The lowest BCUT2D eigenvalue weighted by Crippen LogP contribution is -2.43. The molecule has 1 atom stereocenters. The highest BCUT2D eigenvalue weighted by atomic mass is 35.5. The van der Waals surface area contributed by atoms with Crippen LogP contribution >= 0.6 is 11.6 Å². The second kappa shape index (κ2) is 7.23. The van der Waals surface area contributed by atoms with Gasteiger partial charge in [-0.25, -0.2) is 0 Å². The fourth-order valence-electron chi connectivity index (χ4n) is 2.93. The van der Waals surface area contributed by atoms with Crippen LogP contribution in [0.25, 0.3) is 0 Å². The van der Waals surface area contributed by atoms with Gasteiger partial charge in [-0.2, -0.15) is 0 Å². The highest BCUT2D eigenvalue weighted by Gasteiger charge is 2.26. The third kappa shape index (κ3) is 3.99. The molecule has 25 heavy (non-hydrogen) atoms. The van der Waals surface area contributed by atoms with E-state index in [9.17, 15) is 4.79 Å². The number of benzene rings is 2. The van der Waals surface area contributed by atoms with Gasteiger partial charge in [-0.05, 0) is 55.3 Å². The summed E-state index contributed by atoms with van der Waals surface area (Å²) in [6.07, 6.45) is 0.930. The SMILES string of the molecule is CCC1CN(CC(=O)Nc2ccc(Cl)cc2C)c2cc(N)ccc2O1. The first-order valence-electron chi connectivity index (χ1n) is 8.33. The molecule has 5 nitrogen and oxygen atoms in total. The van der Waals surface area contributed by atoms with Crippen LogP contribution in [-0.4, -0.2) is 25.1 Å². The van der Waals surface area contributed by atoms with Crippen LogP contribution in [0.5, 0.6) is 5.75 Å². The summed E-state index contributed by atoms with van der Waals surface area (Å²) in [7, 11) is 0. The number of amides is 1. The fraction of sp³-hybridized carbons (Fsp3) is 0.316. The van der Waals surface area contributed by atoms with Crippen molar-refractivity contribution >= 4 is 34.6 Å². The topological polar surface area (TPSA) is 67.6 Å². The molecule has 1 unspecified atom stereocenters. The highest BCUT2D eigenvalue weighted by Crippen LogP contribution is 2.35. The second-order valence-electron chi connectivity index (χ2n) is 6.26. The summed E-state index contributed by atoms with van der Waals surface area (Å²) in [5, 5.41) is 3.60. The molecule has 1 amide bonds. The number of rotatable bonds is 4.